The summed E-state index contributed by atoms with van der Waals surface area (Å²) < 4.78 is 26.7. The van der Waals surface area contributed by atoms with Crippen LogP contribution in [0.4, 0.5) is 5.69 Å². The first-order valence-corrected chi connectivity index (χ1v) is 10.1. The summed E-state index contributed by atoms with van der Waals surface area (Å²) in [6, 6.07) is 16.9. The van der Waals surface area contributed by atoms with Gasteiger partial charge in [0.25, 0.3) is 5.91 Å². The van der Waals surface area contributed by atoms with Gasteiger partial charge in [-0.1, -0.05) is 36.4 Å². The molecule has 0 spiro atoms. The molecule has 3 aromatic rings. The molecule has 0 saturated heterocycles. The van der Waals surface area contributed by atoms with E-state index in [1.807, 2.05) is 48.5 Å². The number of aromatic amines is 1. The molecule has 0 atom stereocenters. The average Bonchev–Trinajstić information content (AvgIpc) is 3.26. The summed E-state index contributed by atoms with van der Waals surface area (Å²) in [5.74, 6) is -0.439. The smallest absolute Gasteiger partial charge is 0.267 e. The highest BCUT2D eigenvalue weighted by molar-refractivity contribution is 7.92. The van der Waals surface area contributed by atoms with Crippen LogP contribution in [0.25, 0.3) is 10.9 Å². The number of para-hydroxylation sites is 2. The van der Waals surface area contributed by atoms with E-state index in [0.29, 0.717) is 12.2 Å². The molecule has 2 heterocycles. The second-order valence-electron chi connectivity index (χ2n) is 6.29. The molecule has 0 bridgehead atoms. The number of benzene rings is 2. The number of nitrogens with one attached hydrogen (secondary N) is 2. The number of aromatic nitrogens is 1. The van der Waals surface area contributed by atoms with Crippen LogP contribution in [0.15, 0.2) is 54.6 Å². The van der Waals surface area contributed by atoms with Crippen molar-refractivity contribution in [3.63, 3.8) is 0 Å². The van der Waals surface area contributed by atoms with Crippen LogP contribution >= 0.6 is 0 Å². The molecule has 134 valence electrons. The van der Waals surface area contributed by atoms with Crippen molar-refractivity contribution >= 4 is 32.5 Å². The van der Waals surface area contributed by atoms with Gasteiger partial charge in [-0.15, -0.1) is 0 Å². The van der Waals surface area contributed by atoms with Gasteiger partial charge in [0.1, 0.15) is 5.69 Å². The fourth-order valence-corrected chi connectivity index (χ4v) is 4.72. The Kier molecular flexibility index (Phi) is 4.16. The molecule has 0 fully saturated rings. The largest absolute Gasteiger partial charge is 0.351 e. The number of hydrogen-bond donors (Lipinski definition) is 2. The van der Waals surface area contributed by atoms with Crippen LogP contribution in [-0.2, 0) is 16.4 Å². The molecule has 0 radical (unpaired) electrons. The first kappa shape index (κ1) is 16.7. The number of nitrogens with zero attached hydrogens (tertiary/aromatic N) is 1. The van der Waals surface area contributed by atoms with Gasteiger partial charge in [0, 0.05) is 24.0 Å². The number of hydrogen-bond acceptors (Lipinski definition) is 3. The lowest BCUT2D eigenvalue weighted by molar-refractivity contribution is 0.0952. The molecule has 2 N–H and O–H groups in total. The van der Waals surface area contributed by atoms with E-state index >= 15 is 0 Å². The number of sulfonamides is 1. The van der Waals surface area contributed by atoms with Gasteiger partial charge in [0.15, 0.2) is 0 Å². The molecule has 7 heteroatoms. The van der Waals surface area contributed by atoms with Crippen molar-refractivity contribution in [2.45, 2.75) is 6.42 Å². The molecule has 1 aliphatic heterocycles. The lowest BCUT2D eigenvalue weighted by atomic mass is 10.2. The van der Waals surface area contributed by atoms with E-state index in [2.05, 4.69) is 10.3 Å². The van der Waals surface area contributed by atoms with Crippen molar-refractivity contribution in [3.8, 4) is 0 Å². The number of carbonyl (C=O) groups is 1. The monoisotopic (exact) mass is 369 g/mol. The zero-order valence-electron chi connectivity index (χ0n) is 14.1. The summed E-state index contributed by atoms with van der Waals surface area (Å²) in [7, 11) is -3.47. The molecular weight excluding hydrogens is 350 g/mol. The van der Waals surface area contributed by atoms with E-state index in [1.54, 1.807) is 6.07 Å². The maximum atomic E-state index is 12.6. The fourth-order valence-electron chi connectivity index (χ4n) is 3.29. The molecule has 0 saturated carbocycles. The average molecular weight is 369 g/mol. The van der Waals surface area contributed by atoms with Gasteiger partial charge in [-0.2, -0.15) is 0 Å². The molecule has 1 amide bonds. The quantitative estimate of drug-likeness (QED) is 0.724. The third-order valence-electron chi connectivity index (χ3n) is 4.60. The minimum Gasteiger partial charge on any atom is -0.351 e. The lowest BCUT2D eigenvalue weighted by Gasteiger charge is -2.19. The fraction of sp³-hybridized carbons (Fsp3) is 0.211. The Labute approximate surface area is 151 Å². The molecule has 0 aliphatic carbocycles. The molecule has 1 aliphatic rings. The number of anilines is 1. The van der Waals surface area contributed by atoms with Gasteiger partial charge in [0.05, 0.1) is 11.4 Å². The minimum absolute atomic E-state index is 0.0647. The Morgan fingerprint density at radius 2 is 1.88 bits per heavy atom. The zero-order valence-corrected chi connectivity index (χ0v) is 14.9. The summed E-state index contributed by atoms with van der Waals surface area (Å²) in [5, 5.41) is 3.63. The lowest BCUT2D eigenvalue weighted by Crippen LogP contribution is -2.37. The maximum Gasteiger partial charge on any atom is 0.267 e. The molecular formula is C19H19N3O3S. The van der Waals surface area contributed by atoms with Crippen molar-refractivity contribution in [2.75, 3.05) is 23.1 Å². The van der Waals surface area contributed by atoms with E-state index in [-0.39, 0.29) is 18.2 Å². The van der Waals surface area contributed by atoms with E-state index in [4.69, 9.17) is 0 Å². The Balaban J connectivity index is 1.40. The summed E-state index contributed by atoms with van der Waals surface area (Å²) in [5.41, 5.74) is 3.08. The summed E-state index contributed by atoms with van der Waals surface area (Å²) in [4.78, 5) is 15.3. The van der Waals surface area contributed by atoms with Gasteiger partial charge < -0.3 is 10.3 Å². The van der Waals surface area contributed by atoms with Gasteiger partial charge in [-0.25, -0.2) is 8.42 Å². The van der Waals surface area contributed by atoms with Crippen LogP contribution in [0, 0.1) is 0 Å². The minimum atomic E-state index is -3.47. The van der Waals surface area contributed by atoms with Gasteiger partial charge in [-0.05, 0) is 30.2 Å². The van der Waals surface area contributed by atoms with Gasteiger partial charge in [0.2, 0.25) is 10.0 Å². The predicted molar refractivity (Wildman–Crippen MR) is 102 cm³/mol. The standard InChI is InChI=1S/C19H19N3O3S/c23-19(17-13-15-6-1-3-7-16(15)21-17)20-10-12-26(24,25)22-11-9-14-5-2-4-8-18(14)22/h1-8,13,21H,9-12H2,(H,20,23). The van der Waals surface area contributed by atoms with Crippen LogP contribution in [0.1, 0.15) is 16.1 Å². The Morgan fingerprint density at radius 1 is 1.12 bits per heavy atom. The number of carbonyl (C=O) groups excluding carboxylic acids is 1. The highest BCUT2D eigenvalue weighted by atomic mass is 32.2. The van der Waals surface area contributed by atoms with Gasteiger partial charge >= 0.3 is 0 Å². The topological polar surface area (TPSA) is 82.3 Å². The molecule has 4 rings (SSSR count). The molecule has 26 heavy (non-hydrogen) atoms. The van der Waals surface area contributed by atoms with Crippen molar-refractivity contribution < 1.29 is 13.2 Å². The zero-order chi connectivity index (χ0) is 18.1. The van der Waals surface area contributed by atoms with Crippen LogP contribution in [0.5, 0.6) is 0 Å². The Bertz CT molecular complexity index is 1040. The van der Waals surface area contributed by atoms with Crippen LogP contribution in [-0.4, -0.2) is 38.2 Å². The Hall–Kier alpha value is -2.80. The van der Waals surface area contributed by atoms with Gasteiger partial charge in [-0.3, -0.25) is 9.10 Å². The normalized spacial score (nSPS) is 13.8. The Morgan fingerprint density at radius 3 is 2.73 bits per heavy atom. The molecule has 2 aromatic carbocycles. The number of rotatable bonds is 5. The van der Waals surface area contributed by atoms with E-state index in [1.165, 1.54) is 4.31 Å². The second-order valence-corrected chi connectivity index (χ2v) is 8.31. The maximum absolute atomic E-state index is 12.6. The number of fused-ring (bicyclic) bond motifs is 2. The number of H-pyrrole nitrogens is 1. The van der Waals surface area contributed by atoms with Crippen molar-refractivity contribution in [2.24, 2.45) is 0 Å². The predicted octanol–water partition coefficient (Wildman–Crippen LogP) is 2.29. The summed E-state index contributed by atoms with van der Waals surface area (Å²) in [6.07, 6.45) is 0.719. The first-order valence-electron chi connectivity index (χ1n) is 8.49. The van der Waals surface area contributed by atoms with Crippen LogP contribution < -0.4 is 9.62 Å². The highest BCUT2D eigenvalue weighted by Gasteiger charge is 2.28. The van der Waals surface area contributed by atoms with E-state index in [9.17, 15) is 13.2 Å². The molecule has 1 aromatic heterocycles. The van der Waals surface area contributed by atoms with Crippen molar-refractivity contribution in [3.05, 3.63) is 65.9 Å². The SMILES string of the molecule is O=C(NCCS(=O)(=O)N1CCc2ccccc21)c1cc2ccccc2[nH]1. The first-order chi connectivity index (χ1) is 12.5. The second kappa shape index (κ2) is 6.49. The molecule has 6 nitrogen and oxygen atoms in total. The molecule has 0 unspecified atom stereocenters. The van der Waals surface area contributed by atoms with Crippen LogP contribution in [0.2, 0.25) is 0 Å². The summed E-state index contributed by atoms with van der Waals surface area (Å²) in [6.45, 7) is 0.521. The number of amides is 1. The highest BCUT2D eigenvalue weighted by Crippen LogP contribution is 2.29. The van der Waals surface area contributed by atoms with Crippen molar-refractivity contribution in [1.29, 1.82) is 0 Å². The van der Waals surface area contributed by atoms with Crippen molar-refractivity contribution in [1.82, 2.24) is 10.3 Å². The van der Waals surface area contributed by atoms with E-state index in [0.717, 1.165) is 28.6 Å². The van der Waals surface area contributed by atoms with Crippen LogP contribution in [0.3, 0.4) is 0 Å². The third kappa shape index (κ3) is 3.06. The van der Waals surface area contributed by atoms with E-state index < -0.39 is 10.0 Å². The third-order valence-corrected chi connectivity index (χ3v) is 6.37. The summed E-state index contributed by atoms with van der Waals surface area (Å²) >= 11 is 0.